The third-order valence-electron chi connectivity index (χ3n) is 2.61. The second-order valence-electron chi connectivity index (χ2n) is 6.49. The van der Waals surface area contributed by atoms with Crippen LogP contribution >= 0.6 is 0 Å². The van der Waals surface area contributed by atoms with Gasteiger partial charge in [0, 0.05) is 0 Å². The lowest BCUT2D eigenvalue weighted by Gasteiger charge is -2.42. The van der Waals surface area contributed by atoms with Crippen molar-refractivity contribution in [2.24, 2.45) is 0 Å². The molecule has 0 aromatic carbocycles. The van der Waals surface area contributed by atoms with Gasteiger partial charge in [-0.1, -0.05) is 0 Å². The van der Waals surface area contributed by atoms with Crippen LogP contribution in [0.3, 0.4) is 0 Å². The van der Waals surface area contributed by atoms with E-state index in [1.165, 1.54) is 0 Å². The van der Waals surface area contributed by atoms with E-state index in [1.54, 1.807) is 0 Å². The van der Waals surface area contributed by atoms with Crippen LogP contribution in [0.1, 0.15) is 55.4 Å². The molecular weight excluding hydrogens is 288 g/mol. The predicted octanol–water partition coefficient (Wildman–Crippen LogP) is 3.04. The SMILES string of the molecule is CC(C)OC1OC(OC(C)C)C(OC(C)C)OC1OC(C)C. The molecule has 22 heavy (non-hydrogen) atoms. The molecule has 6 nitrogen and oxygen atoms in total. The molecule has 1 fully saturated rings. The van der Waals surface area contributed by atoms with Gasteiger partial charge in [-0.2, -0.15) is 0 Å². The van der Waals surface area contributed by atoms with Crippen molar-refractivity contribution in [3.8, 4) is 0 Å². The zero-order valence-corrected chi connectivity index (χ0v) is 15.1. The van der Waals surface area contributed by atoms with E-state index >= 15 is 0 Å². The smallest absolute Gasteiger partial charge is 0.212 e. The maximum Gasteiger partial charge on any atom is 0.212 e. The molecule has 4 unspecified atom stereocenters. The molecule has 132 valence electrons. The highest BCUT2D eigenvalue weighted by Crippen LogP contribution is 2.27. The highest BCUT2D eigenvalue weighted by atomic mass is 16.9. The number of hydrogen-bond acceptors (Lipinski definition) is 6. The largest absolute Gasteiger partial charge is 0.345 e. The average molecular weight is 320 g/mol. The van der Waals surface area contributed by atoms with Crippen molar-refractivity contribution in [3.63, 3.8) is 0 Å². The number of rotatable bonds is 8. The fraction of sp³-hybridized carbons (Fsp3) is 1.00. The van der Waals surface area contributed by atoms with Gasteiger partial charge in [0.15, 0.2) is 0 Å². The first-order chi connectivity index (χ1) is 10.2. The summed E-state index contributed by atoms with van der Waals surface area (Å²) in [6.45, 7) is 15.5. The van der Waals surface area contributed by atoms with Gasteiger partial charge in [-0.25, -0.2) is 0 Å². The lowest BCUT2D eigenvalue weighted by Crippen LogP contribution is -2.55. The van der Waals surface area contributed by atoms with Gasteiger partial charge in [-0.3, -0.25) is 0 Å². The van der Waals surface area contributed by atoms with E-state index in [9.17, 15) is 0 Å². The van der Waals surface area contributed by atoms with Gasteiger partial charge < -0.3 is 28.4 Å². The van der Waals surface area contributed by atoms with Crippen LogP contribution in [-0.4, -0.2) is 49.6 Å². The third kappa shape index (κ3) is 6.89. The van der Waals surface area contributed by atoms with Crippen molar-refractivity contribution in [2.45, 2.75) is 105 Å². The summed E-state index contributed by atoms with van der Waals surface area (Å²) in [4.78, 5) is 0. The Morgan fingerprint density at radius 3 is 0.773 bits per heavy atom. The van der Waals surface area contributed by atoms with E-state index in [4.69, 9.17) is 28.4 Å². The first-order valence-corrected chi connectivity index (χ1v) is 8.11. The van der Waals surface area contributed by atoms with Crippen molar-refractivity contribution >= 4 is 0 Å². The van der Waals surface area contributed by atoms with E-state index in [0.717, 1.165) is 0 Å². The molecule has 1 saturated heterocycles. The maximum absolute atomic E-state index is 5.92. The van der Waals surface area contributed by atoms with Gasteiger partial charge in [-0.05, 0) is 55.4 Å². The Kier molecular flexibility index (Phi) is 8.24. The van der Waals surface area contributed by atoms with Crippen LogP contribution in [0.2, 0.25) is 0 Å². The van der Waals surface area contributed by atoms with Crippen LogP contribution in [-0.2, 0) is 28.4 Å². The van der Waals surface area contributed by atoms with E-state index in [-0.39, 0.29) is 24.4 Å². The topological polar surface area (TPSA) is 55.4 Å². The number of ether oxygens (including phenoxy) is 6. The minimum atomic E-state index is -0.654. The summed E-state index contributed by atoms with van der Waals surface area (Å²) in [6.07, 6.45) is -2.70. The van der Waals surface area contributed by atoms with Crippen LogP contribution in [0.15, 0.2) is 0 Å². The molecule has 1 aliphatic heterocycles. The monoisotopic (exact) mass is 320 g/mol. The zero-order chi connectivity index (χ0) is 16.9. The van der Waals surface area contributed by atoms with Crippen molar-refractivity contribution in [1.29, 1.82) is 0 Å². The standard InChI is InChI=1S/C16H32O6/c1-9(2)17-13-14(18-10(3)4)22-16(20-12(7)8)15(21-13)19-11(5)6/h9-16H,1-8H3. The maximum atomic E-state index is 5.92. The molecule has 0 bridgehead atoms. The number of hydrogen-bond donors (Lipinski definition) is 0. The molecule has 6 heteroatoms. The summed E-state index contributed by atoms with van der Waals surface area (Å²) < 4.78 is 34.9. The van der Waals surface area contributed by atoms with Crippen LogP contribution in [0.25, 0.3) is 0 Å². The van der Waals surface area contributed by atoms with Crippen LogP contribution in [0, 0.1) is 0 Å². The molecule has 0 aromatic rings. The van der Waals surface area contributed by atoms with E-state index in [2.05, 4.69) is 0 Å². The second kappa shape index (κ2) is 9.15. The predicted molar refractivity (Wildman–Crippen MR) is 82.2 cm³/mol. The first-order valence-electron chi connectivity index (χ1n) is 8.11. The van der Waals surface area contributed by atoms with E-state index < -0.39 is 25.2 Å². The molecular formula is C16H32O6. The average Bonchev–Trinajstić information content (AvgIpc) is 2.31. The summed E-state index contributed by atoms with van der Waals surface area (Å²) >= 11 is 0. The Bertz CT molecular complexity index is 247. The summed E-state index contributed by atoms with van der Waals surface area (Å²) in [7, 11) is 0. The molecule has 0 aliphatic carbocycles. The van der Waals surface area contributed by atoms with Crippen LogP contribution in [0.5, 0.6) is 0 Å². The molecule has 0 N–H and O–H groups in total. The molecule has 1 aliphatic rings. The fourth-order valence-electron chi connectivity index (χ4n) is 1.98. The molecule has 4 atom stereocenters. The van der Waals surface area contributed by atoms with E-state index in [0.29, 0.717) is 0 Å². The lowest BCUT2D eigenvalue weighted by atomic mass is 10.4. The Morgan fingerprint density at radius 2 is 0.636 bits per heavy atom. The Balaban J connectivity index is 2.83. The van der Waals surface area contributed by atoms with Gasteiger partial charge >= 0.3 is 0 Å². The van der Waals surface area contributed by atoms with E-state index in [1.807, 2.05) is 55.4 Å². The summed E-state index contributed by atoms with van der Waals surface area (Å²) in [5.41, 5.74) is 0. The normalized spacial score (nSPS) is 30.0. The van der Waals surface area contributed by atoms with Crippen LogP contribution < -0.4 is 0 Å². The zero-order valence-electron chi connectivity index (χ0n) is 15.1. The molecule has 0 aromatic heterocycles. The fourth-order valence-corrected chi connectivity index (χ4v) is 1.98. The molecule has 0 spiro atoms. The van der Waals surface area contributed by atoms with Gasteiger partial charge in [0.2, 0.25) is 25.2 Å². The molecule has 1 heterocycles. The lowest BCUT2D eigenvalue weighted by molar-refractivity contribution is -0.450. The Labute approximate surface area is 134 Å². The highest BCUT2D eigenvalue weighted by Gasteiger charge is 2.43. The molecule has 1 rings (SSSR count). The molecule has 0 radical (unpaired) electrons. The molecule has 0 saturated carbocycles. The highest BCUT2D eigenvalue weighted by molar-refractivity contribution is 4.68. The summed E-state index contributed by atoms with van der Waals surface area (Å²) in [5, 5.41) is 0. The quantitative estimate of drug-likeness (QED) is 0.685. The first kappa shape index (κ1) is 19.8. The third-order valence-corrected chi connectivity index (χ3v) is 2.61. The van der Waals surface area contributed by atoms with Gasteiger partial charge in [0.25, 0.3) is 0 Å². The summed E-state index contributed by atoms with van der Waals surface area (Å²) in [6, 6.07) is 0. The van der Waals surface area contributed by atoms with Crippen molar-refractivity contribution in [3.05, 3.63) is 0 Å². The minimum absolute atomic E-state index is 0.0193. The molecule has 0 amide bonds. The Hall–Kier alpha value is -0.240. The van der Waals surface area contributed by atoms with Gasteiger partial charge in [-0.15, -0.1) is 0 Å². The van der Waals surface area contributed by atoms with Gasteiger partial charge in [0.1, 0.15) is 0 Å². The van der Waals surface area contributed by atoms with Crippen molar-refractivity contribution in [1.82, 2.24) is 0 Å². The second-order valence-corrected chi connectivity index (χ2v) is 6.49. The minimum Gasteiger partial charge on any atom is -0.345 e. The van der Waals surface area contributed by atoms with Crippen molar-refractivity contribution < 1.29 is 28.4 Å². The van der Waals surface area contributed by atoms with Crippen molar-refractivity contribution in [2.75, 3.05) is 0 Å². The summed E-state index contributed by atoms with van der Waals surface area (Å²) in [5.74, 6) is 0. The Morgan fingerprint density at radius 1 is 0.455 bits per heavy atom. The van der Waals surface area contributed by atoms with Gasteiger partial charge in [0.05, 0.1) is 24.4 Å². The van der Waals surface area contributed by atoms with Crippen LogP contribution in [0.4, 0.5) is 0 Å².